The van der Waals surface area contributed by atoms with Crippen molar-refractivity contribution in [3.63, 3.8) is 0 Å². The van der Waals surface area contributed by atoms with E-state index in [1.54, 1.807) is 6.33 Å². The summed E-state index contributed by atoms with van der Waals surface area (Å²) in [7, 11) is 0. The van der Waals surface area contributed by atoms with E-state index in [1.165, 1.54) is 25.7 Å². The van der Waals surface area contributed by atoms with Crippen LogP contribution in [0.25, 0.3) is 0 Å². The third-order valence-corrected chi connectivity index (χ3v) is 7.97. The summed E-state index contributed by atoms with van der Waals surface area (Å²) in [5.41, 5.74) is 3.11. The second-order valence-corrected chi connectivity index (χ2v) is 10.9. The van der Waals surface area contributed by atoms with Gasteiger partial charge in [0.2, 0.25) is 5.95 Å². The number of fused-ring (bicyclic) bond motifs is 1. The van der Waals surface area contributed by atoms with E-state index in [2.05, 4.69) is 63.8 Å². The molecular formula is C24H27IN8O. The van der Waals surface area contributed by atoms with Gasteiger partial charge in [-0.2, -0.15) is 10.1 Å². The van der Waals surface area contributed by atoms with Gasteiger partial charge in [0, 0.05) is 35.0 Å². The first-order valence-electron chi connectivity index (χ1n) is 11.8. The van der Waals surface area contributed by atoms with Gasteiger partial charge in [-0.3, -0.25) is 4.79 Å². The van der Waals surface area contributed by atoms with Crippen molar-refractivity contribution >= 4 is 46.0 Å². The number of piperidine rings is 1. The summed E-state index contributed by atoms with van der Waals surface area (Å²) in [6.45, 7) is 6.01. The van der Waals surface area contributed by atoms with Gasteiger partial charge in [0.25, 0.3) is 5.91 Å². The van der Waals surface area contributed by atoms with Gasteiger partial charge in [0.05, 0.1) is 24.3 Å². The highest BCUT2D eigenvalue weighted by atomic mass is 127. The molecule has 6 rings (SSSR count). The van der Waals surface area contributed by atoms with Crippen LogP contribution in [0.1, 0.15) is 47.6 Å². The average molecular weight is 570 g/mol. The lowest BCUT2D eigenvalue weighted by Gasteiger charge is -2.35. The molecule has 176 valence electrons. The molecule has 0 bridgehead atoms. The first-order valence-corrected chi connectivity index (χ1v) is 12.9. The van der Waals surface area contributed by atoms with E-state index < -0.39 is 0 Å². The maximum atomic E-state index is 13.4. The standard InChI is InChI=1S/C24H27IN8O/c1-16-12-20(30-23(28-16)32-10-11-33-21(14-32)26-15-27-33)29-22(34)18-3-2-17(25)13-19(18)31-8-6-24(4-5-24)7-9-31/h2-3,12-13,15H,4-11,14H2,1H3,(H,28,29,30,34). The van der Waals surface area contributed by atoms with E-state index >= 15 is 0 Å². The quantitative estimate of drug-likeness (QED) is 0.479. The van der Waals surface area contributed by atoms with Crippen LogP contribution in [0.5, 0.6) is 0 Å². The molecule has 2 fully saturated rings. The molecule has 1 N–H and O–H groups in total. The van der Waals surface area contributed by atoms with Gasteiger partial charge in [0.15, 0.2) is 0 Å². The molecular weight excluding hydrogens is 543 g/mol. The zero-order valence-corrected chi connectivity index (χ0v) is 21.3. The molecule has 0 unspecified atom stereocenters. The van der Waals surface area contributed by atoms with Gasteiger partial charge in [-0.25, -0.2) is 14.6 Å². The van der Waals surface area contributed by atoms with Crippen molar-refractivity contribution in [3.8, 4) is 0 Å². The second kappa shape index (κ2) is 8.47. The lowest BCUT2D eigenvalue weighted by molar-refractivity contribution is 0.102. The highest BCUT2D eigenvalue weighted by Gasteiger charge is 2.44. The first kappa shape index (κ1) is 21.8. The number of aryl methyl sites for hydroxylation is 1. The minimum absolute atomic E-state index is 0.138. The molecule has 1 spiro atoms. The van der Waals surface area contributed by atoms with E-state index in [1.807, 2.05) is 29.8 Å². The number of benzene rings is 1. The first-order chi connectivity index (χ1) is 16.5. The third kappa shape index (κ3) is 4.23. The van der Waals surface area contributed by atoms with Gasteiger partial charge >= 0.3 is 0 Å². The number of anilines is 3. The van der Waals surface area contributed by atoms with E-state index in [-0.39, 0.29) is 5.91 Å². The van der Waals surface area contributed by atoms with Gasteiger partial charge in [-0.1, -0.05) is 0 Å². The Balaban J connectivity index is 1.23. The largest absolute Gasteiger partial charge is 0.371 e. The van der Waals surface area contributed by atoms with E-state index in [0.29, 0.717) is 29.3 Å². The molecule has 0 atom stereocenters. The third-order valence-electron chi connectivity index (χ3n) is 7.30. The van der Waals surface area contributed by atoms with Crippen LogP contribution in [0, 0.1) is 15.9 Å². The Labute approximate surface area is 212 Å². The Morgan fingerprint density at radius 2 is 1.85 bits per heavy atom. The molecule has 0 radical (unpaired) electrons. The molecule has 2 aromatic heterocycles. The molecule has 3 aromatic rings. The number of hydrogen-bond donors (Lipinski definition) is 1. The smallest absolute Gasteiger partial charge is 0.258 e. The Bertz CT molecular complexity index is 1240. The predicted molar refractivity (Wildman–Crippen MR) is 138 cm³/mol. The van der Waals surface area contributed by atoms with Crippen molar-refractivity contribution in [1.29, 1.82) is 0 Å². The summed E-state index contributed by atoms with van der Waals surface area (Å²) in [6.07, 6.45) is 6.75. The molecule has 1 aliphatic carbocycles. The van der Waals surface area contributed by atoms with Gasteiger partial charge in [-0.05, 0) is 78.8 Å². The average Bonchev–Trinajstić information content (AvgIpc) is 3.40. The number of nitrogens with zero attached hydrogens (tertiary/aromatic N) is 7. The minimum atomic E-state index is -0.138. The molecule has 4 heterocycles. The summed E-state index contributed by atoms with van der Waals surface area (Å²) in [5.74, 6) is 1.86. The number of halogens is 1. The summed E-state index contributed by atoms with van der Waals surface area (Å²) >= 11 is 2.32. The molecule has 10 heteroatoms. The number of rotatable bonds is 4. The molecule has 1 saturated heterocycles. The number of carbonyl (C=O) groups is 1. The summed E-state index contributed by atoms with van der Waals surface area (Å²) in [5, 5.41) is 7.27. The van der Waals surface area contributed by atoms with Crippen molar-refractivity contribution in [1.82, 2.24) is 24.7 Å². The normalized spacial score (nSPS) is 18.6. The minimum Gasteiger partial charge on any atom is -0.371 e. The molecule has 9 nitrogen and oxygen atoms in total. The maximum Gasteiger partial charge on any atom is 0.258 e. The van der Waals surface area contributed by atoms with Crippen LogP contribution in [-0.2, 0) is 13.1 Å². The van der Waals surface area contributed by atoms with Crippen molar-refractivity contribution in [2.24, 2.45) is 5.41 Å². The van der Waals surface area contributed by atoms with Gasteiger partial charge < -0.3 is 15.1 Å². The fraction of sp³-hybridized carbons (Fsp3) is 0.458. The van der Waals surface area contributed by atoms with Crippen LogP contribution in [0.15, 0.2) is 30.6 Å². The fourth-order valence-electron chi connectivity index (χ4n) is 5.03. The van der Waals surface area contributed by atoms with Gasteiger partial charge in [-0.15, -0.1) is 0 Å². The van der Waals surface area contributed by atoms with Crippen LogP contribution in [0.2, 0.25) is 0 Å². The molecule has 1 aromatic carbocycles. The zero-order valence-electron chi connectivity index (χ0n) is 19.2. The Kier molecular flexibility index (Phi) is 5.42. The highest BCUT2D eigenvalue weighted by Crippen LogP contribution is 2.54. The monoisotopic (exact) mass is 570 g/mol. The number of aromatic nitrogens is 5. The Morgan fingerprint density at radius 1 is 1.03 bits per heavy atom. The van der Waals surface area contributed by atoms with Crippen molar-refractivity contribution in [2.45, 2.75) is 45.7 Å². The summed E-state index contributed by atoms with van der Waals surface area (Å²) < 4.78 is 3.04. The Hall–Kier alpha value is -2.76. The molecule has 1 saturated carbocycles. The molecule has 1 amide bonds. The molecule has 2 aliphatic heterocycles. The number of nitrogens with one attached hydrogen (secondary N) is 1. The van der Waals surface area contributed by atoms with E-state index in [9.17, 15) is 4.79 Å². The van der Waals surface area contributed by atoms with Crippen LogP contribution < -0.4 is 15.1 Å². The van der Waals surface area contributed by atoms with E-state index in [4.69, 9.17) is 0 Å². The Morgan fingerprint density at radius 3 is 2.65 bits per heavy atom. The van der Waals surface area contributed by atoms with Crippen LogP contribution in [0.3, 0.4) is 0 Å². The molecule has 34 heavy (non-hydrogen) atoms. The van der Waals surface area contributed by atoms with Crippen LogP contribution in [0.4, 0.5) is 17.5 Å². The highest BCUT2D eigenvalue weighted by molar-refractivity contribution is 14.1. The summed E-state index contributed by atoms with van der Waals surface area (Å²) in [6, 6.07) is 7.87. The fourth-order valence-corrected chi connectivity index (χ4v) is 5.51. The van der Waals surface area contributed by atoms with Crippen LogP contribution in [-0.4, -0.2) is 50.3 Å². The van der Waals surface area contributed by atoms with Crippen molar-refractivity contribution < 1.29 is 4.79 Å². The number of amides is 1. The SMILES string of the molecule is Cc1cc(NC(=O)c2ccc(I)cc2N2CCC3(CC2)CC3)nc(N2CCn3ncnc3C2)n1. The topological polar surface area (TPSA) is 92.1 Å². The molecule has 3 aliphatic rings. The van der Waals surface area contributed by atoms with Crippen molar-refractivity contribution in [3.05, 3.63) is 51.2 Å². The lowest BCUT2D eigenvalue weighted by atomic mass is 9.93. The lowest BCUT2D eigenvalue weighted by Crippen LogP contribution is -2.36. The van der Waals surface area contributed by atoms with Gasteiger partial charge in [0.1, 0.15) is 18.0 Å². The summed E-state index contributed by atoms with van der Waals surface area (Å²) in [4.78, 5) is 31.5. The zero-order chi connectivity index (χ0) is 23.3. The number of hydrogen-bond acceptors (Lipinski definition) is 7. The second-order valence-electron chi connectivity index (χ2n) is 9.62. The number of carbonyl (C=O) groups excluding carboxylic acids is 1. The maximum absolute atomic E-state index is 13.4. The predicted octanol–water partition coefficient (Wildman–Crippen LogP) is 3.63. The van der Waals surface area contributed by atoms with Crippen LogP contribution >= 0.6 is 22.6 Å². The van der Waals surface area contributed by atoms with E-state index in [0.717, 1.165) is 47.0 Å². The van der Waals surface area contributed by atoms with Crippen molar-refractivity contribution in [2.75, 3.05) is 34.8 Å².